The SMILES string of the molecule is COc1ccc(-n2nc(C(F)(F)F)cc2-c2ccc(S(=O)O)cc2)cc1Cl. The Kier molecular flexibility index (Phi) is 5.27. The summed E-state index contributed by atoms with van der Waals surface area (Å²) in [6.45, 7) is 0. The first-order chi connectivity index (χ1) is 12.7. The van der Waals surface area contributed by atoms with Crippen molar-refractivity contribution in [1.82, 2.24) is 9.78 Å². The van der Waals surface area contributed by atoms with Crippen molar-refractivity contribution in [1.29, 1.82) is 0 Å². The summed E-state index contributed by atoms with van der Waals surface area (Å²) < 4.78 is 65.9. The van der Waals surface area contributed by atoms with Gasteiger partial charge in [-0.2, -0.15) is 18.3 Å². The van der Waals surface area contributed by atoms with E-state index in [9.17, 15) is 17.4 Å². The molecule has 5 nitrogen and oxygen atoms in total. The minimum Gasteiger partial charge on any atom is -0.495 e. The molecule has 2 aromatic carbocycles. The summed E-state index contributed by atoms with van der Waals surface area (Å²) in [5, 5.41) is 3.88. The van der Waals surface area contributed by atoms with Gasteiger partial charge in [0.25, 0.3) is 0 Å². The van der Waals surface area contributed by atoms with Crippen molar-refractivity contribution in [2.24, 2.45) is 0 Å². The quantitative estimate of drug-likeness (QED) is 0.620. The van der Waals surface area contributed by atoms with Crippen molar-refractivity contribution in [2.45, 2.75) is 11.1 Å². The van der Waals surface area contributed by atoms with Gasteiger partial charge in [-0.1, -0.05) is 23.7 Å². The number of rotatable bonds is 4. The van der Waals surface area contributed by atoms with Gasteiger partial charge in [0.15, 0.2) is 16.8 Å². The smallest absolute Gasteiger partial charge is 0.435 e. The van der Waals surface area contributed by atoms with Crippen LogP contribution in [0.1, 0.15) is 5.69 Å². The first kappa shape index (κ1) is 19.4. The van der Waals surface area contributed by atoms with Crippen LogP contribution < -0.4 is 4.74 Å². The van der Waals surface area contributed by atoms with Crippen molar-refractivity contribution in [3.8, 4) is 22.7 Å². The lowest BCUT2D eigenvalue weighted by molar-refractivity contribution is -0.141. The molecule has 1 unspecified atom stereocenters. The van der Waals surface area contributed by atoms with Crippen LogP contribution in [-0.2, 0) is 17.3 Å². The number of aromatic nitrogens is 2. The molecule has 1 N–H and O–H groups in total. The van der Waals surface area contributed by atoms with Crippen molar-refractivity contribution in [3.05, 3.63) is 59.2 Å². The molecule has 0 aliphatic rings. The molecule has 27 heavy (non-hydrogen) atoms. The third-order valence-electron chi connectivity index (χ3n) is 3.73. The van der Waals surface area contributed by atoms with E-state index in [1.54, 1.807) is 0 Å². The number of nitrogens with zero attached hydrogens (tertiary/aromatic N) is 2. The molecule has 0 radical (unpaired) electrons. The van der Waals surface area contributed by atoms with Crippen LogP contribution in [0.25, 0.3) is 16.9 Å². The maximum Gasteiger partial charge on any atom is 0.435 e. The van der Waals surface area contributed by atoms with Crippen molar-refractivity contribution >= 4 is 22.7 Å². The standard InChI is InChI=1S/C17H12ClF3N2O3S/c1-26-15-7-4-11(8-13(15)18)23-14(9-16(22-23)17(19,20)21)10-2-5-12(6-3-10)27(24)25/h2-9H,1H3,(H,24,25). The number of alkyl halides is 3. The molecule has 3 aromatic rings. The van der Waals surface area contributed by atoms with Crippen LogP contribution in [0.5, 0.6) is 5.75 Å². The average Bonchev–Trinajstić information content (AvgIpc) is 3.07. The minimum atomic E-state index is -4.64. The molecule has 1 atom stereocenters. The Bertz CT molecular complexity index is 1000. The lowest BCUT2D eigenvalue weighted by atomic mass is 10.1. The zero-order valence-electron chi connectivity index (χ0n) is 13.7. The average molecular weight is 417 g/mol. The Labute approximate surface area is 159 Å². The van der Waals surface area contributed by atoms with Gasteiger partial charge in [0.05, 0.1) is 28.4 Å². The molecule has 0 amide bonds. The van der Waals surface area contributed by atoms with Gasteiger partial charge >= 0.3 is 6.18 Å². The van der Waals surface area contributed by atoms with E-state index < -0.39 is 23.0 Å². The third kappa shape index (κ3) is 4.00. The molecule has 0 bridgehead atoms. The van der Waals surface area contributed by atoms with Gasteiger partial charge in [0.2, 0.25) is 0 Å². The molecular formula is C17H12ClF3N2O3S. The van der Waals surface area contributed by atoms with Gasteiger partial charge in [0, 0.05) is 5.56 Å². The highest BCUT2D eigenvalue weighted by Crippen LogP contribution is 2.35. The van der Waals surface area contributed by atoms with Crippen LogP contribution in [0, 0.1) is 0 Å². The fraction of sp³-hybridized carbons (Fsp3) is 0.118. The largest absolute Gasteiger partial charge is 0.495 e. The van der Waals surface area contributed by atoms with E-state index in [0.717, 1.165) is 10.7 Å². The maximum absolute atomic E-state index is 13.2. The molecule has 0 saturated heterocycles. The van der Waals surface area contributed by atoms with Crippen LogP contribution in [0.4, 0.5) is 13.2 Å². The van der Waals surface area contributed by atoms with E-state index in [1.165, 1.54) is 49.6 Å². The van der Waals surface area contributed by atoms with E-state index in [0.29, 0.717) is 17.0 Å². The van der Waals surface area contributed by atoms with Crippen LogP contribution in [0.3, 0.4) is 0 Å². The fourth-order valence-electron chi connectivity index (χ4n) is 2.45. The van der Waals surface area contributed by atoms with E-state index >= 15 is 0 Å². The summed E-state index contributed by atoms with van der Waals surface area (Å²) in [4.78, 5) is 0.133. The summed E-state index contributed by atoms with van der Waals surface area (Å²) in [7, 11) is 1.43. The summed E-state index contributed by atoms with van der Waals surface area (Å²) in [6.07, 6.45) is -4.64. The zero-order chi connectivity index (χ0) is 19.8. The number of benzene rings is 2. The number of hydrogen-bond donors (Lipinski definition) is 1. The molecule has 3 rings (SSSR count). The highest BCUT2D eigenvalue weighted by Gasteiger charge is 2.35. The topological polar surface area (TPSA) is 64.4 Å². The van der Waals surface area contributed by atoms with E-state index in [-0.39, 0.29) is 15.6 Å². The van der Waals surface area contributed by atoms with Crippen molar-refractivity contribution in [2.75, 3.05) is 7.11 Å². The van der Waals surface area contributed by atoms with E-state index in [4.69, 9.17) is 20.9 Å². The predicted octanol–water partition coefficient (Wildman–Crippen LogP) is 4.80. The van der Waals surface area contributed by atoms with Crippen LogP contribution in [-0.4, -0.2) is 25.7 Å². The molecular weight excluding hydrogens is 405 g/mol. The Morgan fingerprint density at radius 3 is 2.33 bits per heavy atom. The van der Waals surface area contributed by atoms with E-state index in [1.807, 2.05) is 0 Å². The maximum atomic E-state index is 13.2. The summed E-state index contributed by atoms with van der Waals surface area (Å²) in [5.41, 5.74) is -0.224. The van der Waals surface area contributed by atoms with Gasteiger partial charge in [-0.05, 0) is 36.4 Å². The molecule has 1 aromatic heterocycles. The number of methoxy groups -OCH3 is 1. The second-order valence-electron chi connectivity index (χ2n) is 5.42. The Morgan fingerprint density at radius 1 is 1.15 bits per heavy atom. The number of halogens is 4. The fourth-order valence-corrected chi connectivity index (χ4v) is 3.07. The second-order valence-corrected chi connectivity index (χ2v) is 6.79. The van der Waals surface area contributed by atoms with Gasteiger partial charge < -0.3 is 9.29 Å². The monoisotopic (exact) mass is 416 g/mol. The first-order valence-electron chi connectivity index (χ1n) is 7.43. The van der Waals surface area contributed by atoms with Gasteiger partial charge in [-0.3, -0.25) is 0 Å². The minimum absolute atomic E-state index is 0.133. The van der Waals surface area contributed by atoms with Crippen molar-refractivity contribution < 1.29 is 26.7 Å². The molecule has 0 spiro atoms. The van der Waals surface area contributed by atoms with Crippen LogP contribution in [0.15, 0.2) is 53.4 Å². The normalized spacial score (nSPS) is 12.8. The van der Waals surface area contributed by atoms with Gasteiger partial charge in [-0.25, -0.2) is 8.89 Å². The second kappa shape index (κ2) is 7.34. The number of ether oxygens (including phenoxy) is 1. The van der Waals surface area contributed by atoms with Crippen molar-refractivity contribution in [3.63, 3.8) is 0 Å². The Balaban J connectivity index is 2.16. The molecule has 0 aliphatic carbocycles. The van der Waals surface area contributed by atoms with Gasteiger partial charge in [0.1, 0.15) is 5.75 Å². The lowest BCUT2D eigenvalue weighted by Crippen LogP contribution is -2.07. The number of hydrogen-bond acceptors (Lipinski definition) is 3. The van der Waals surface area contributed by atoms with Crippen LogP contribution >= 0.6 is 11.6 Å². The molecule has 1 heterocycles. The first-order valence-corrected chi connectivity index (χ1v) is 8.91. The zero-order valence-corrected chi connectivity index (χ0v) is 15.3. The molecule has 10 heteroatoms. The molecule has 0 saturated carbocycles. The van der Waals surface area contributed by atoms with Crippen LogP contribution in [0.2, 0.25) is 5.02 Å². The molecule has 142 valence electrons. The summed E-state index contributed by atoms with van der Waals surface area (Å²) >= 11 is 3.90. The third-order valence-corrected chi connectivity index (χ3v) is 4.70. The Morgan fingerprint density at radius 2 is 1.81 bits per heavy atom. The highest BCUT2D eigenvalue weighted by atomic mass is 35.5. The Hall–Kier alpha value is -2.36. The predicted molar refractivity (Wildman–Crippen MR) is 94.6 cm³/mol. The molecule has 0 aliphatic heterocycles. The summed E-state index contributed by atoms with van der Waals surface area (Å²) in [5.74, 6) is 0.375. The van der Waals surface area contributed by atoms with E-state index in [2.05, 4.69) is 5.10 Å². The van der Waals surface area contributed by atoms with Gasteiger partial charge in [-0.15, -0.1) is 0 Å². The highest BCUT2D eigenvalue weighted by molar-refractivity contribution is 7.79. The summed E-state index contributed by atoms with van der Waals surface area (Å²) in [6, 6.07) is 11.0. The molecule has 0 fully saturated rings. The lowest BCUT2D eigenvalue weighted by Gasteiger charge is -2.10.